The van der Waals surface area contributed by atoms with E-state index in [-0.39, 0.29) is 20.1 Å². The van der Waals surface area contributed by atoms with E-state index in [4.69, 9.17) is 6.35 Å². The number of hydrogen-bond donors (Lipinski definition) is 0. The van der Waals surface area contributed by atoms with Gasteiger partial charge in [-0.3, -0.25) is 16.3 Å². The van der Waals surface area contributed by atoms with E-state index in [1.807, 2.05) is 42.5 Å². The van der Waals surface area contributed by atoms with Gasteiger partial charge < -0.3 is 9.55 Å². The Bertz CT molecular complexity index is 2610. The summed E-state index contributed by atoms with van der Waals surface area (Å²) in [5.74, 6) is 2.18. The zero-order chi connectivity index (χ0) is 40.4. The molecule has 0 spiro atoms. The molecule has 0 unspecified atom stereocenters. The number of pyridine rings is 1. The first-order valence-electron chi connectivity index (χ1n) is 20.4. The third-order valence-electron chi connectivity index (χ3n) is 10.3. The van der Waals surface area contributed by atoms with Crippen molar-refractivity contribution in [1.82, 2.24) is 14.5 Å². The summed E-state index contributed by atoms with van der Waals surface area (Å²) in [5.41, 5.74) is 12.9. The van der Waals surface area contributed by atoms with Gasteiger partial charge in [0.05, 0.1) is 26.3 Å². The van der Waals surface area contributed by atoms with E-state index in [2.05, 4.69) is 161 Å². The van der Waals surface area contributed by atoms with Crippen molar-refractivity contribution in [3.05, 3.63) is 156 Å². The van der Waals surface area contributed by atoms with Gasteiger partial charge in [-0.15, -0.1) is 47.3 Å². The van der Waals surface area contributed by atoms with Gasteiger partial charge in [-0.2, -0.15) is 0 Å². The fourth-order valence-electron chi connectivity index (χ4n) is 7.54. The van der Waals surface area contributed by atoms with Crippen LogP contribution in [0.3, 0.4) is 0 Å². The van der Waals surface area contributed by atoms with E-state index in [0.717, 1.165) is 50.2 Å². The Kier molecular flexibility index (Phi) is 12.9. The average Bonchev–Trinajstić information content (AvgIpc) is 3.78. The smallest absolute Gasteiger partial charge is 0.0798 e. The summed E-state index contributed by atoms with van der Waals surface area (Å²) < 4.78 is 11.7. The zero-order valence-electron chi connectivity index (χ0n) is 35.6. The Hall–Kier alpha value is -4.45. The molecule has 5 aromatic carbocycles. The first-order chi connectivity index (χ1) is 27.3. The van der Waals surface area contributed by atoms with Crippen molar-refractivity contribution in [2.75, 3.05) is 0 Å². The Morgan fingerprint density at radius 3 is 2.11 bits per heavy atom. The maximum absolute atomic E-state index is 8.25. The minimum Gasteiger partial charge on any atom is -0.333 e. The van der Waals surface area contributed by atoms with E-state index in [9.17, 15) is 0 Å². The van der Waals surface area contributed by atoms with Crippen LogP contribution in [0.5, 0.6) is 0 Å². The predicted molar refractivity (Wildman–Crippen MR) is 244 cm³/mol. The quantitative estimate of drug-likeness (QED) is 0.107. The Morgan fingerprint density at radius 2 is 1.46 bits per heavy atom. The van der Waals surface area contributed by atoms with Crippen molar-refractivity contribution in [3.8, 4) is 39.5 Å². The molecule has 0 aliphatic rings. The van der Waals surface area contributed by atoms with E-state index in [1.54, 1.807) is 11.3 Å². The number of rotatable bonds is 9. The molecule has 1 radical (unpaired) electrons. The molecule has 0 bridgehead atoms. The zero-order valence-corrected chi connectivity index (χ0v) is 38.8. The topological polar surface area (TPSA) is 30.7 Å². The summed E-state index contributed by atoms with van der Waals surface area (Å²) in [6.45, 7) is 20.8. The van der Waals surface area contributed by atoms with Crippen LogP contribution in [0, 0.1) is 17.4 Å². The fourth-order valence-corrected chi connectivity index (χ4v) is 9.95. The number of para-hydroxylation sites is 2. The summed E-state index contributed by atoms with van der Waals surface area (Å²) in [5, 5.41) is 6.06. The Balaban J connectivity index is 0.000000230. The van der Waals surface area contributed by atoms with Crippen LogP contribution in [0.1, 0.15) is 71.4 Å². The maximum Gasteiger partial charge on any atom is 0.0798 e. The number of fused-ring (bicyclic) bond motifs is 2. The Labute approximate surface area is 360 Å². The van der Waals surface area contributed by atoms with E-state index < -0.39 is 8.07 Å². The van der Waals surface area contributed by atoms with Crippen LogP contribution in [-0.4, -0.2) is 22.6 Å². The number of benzene rings is 5. The molecular weight excluding hydrogens is 907 g/mol. The van der Waals surface area contributed by atoms with Crippen LogP contribution in [-0.2, 0) is 26.5 Å². The van der Waals surface area contributed by atoms with Crippen molar-refractivity contribution < 1.29 is 21.5 Å². The van der Waals surface area contributed by atoms with Crippen LogP contribution in [0.4, 0.5) is 0 Å². The molecule has 0 N–H and O–H groups in total. The Morgan fingerprint density at radius 1 is 0.772 bits per heavy atom. The van der Waals surface area contributed by atoms with Crippen molar-refractivity contribution in [3.63, 3.8) is 0 Å². The average molecular weight is 961 g/mol. The fraction of sp³-hybridized carbons (Fsp3) is 0.255. The summed E-state index contributed by atoms with van der Waals surface area (Å²) in [4.78, 5) is 9.86. The molecule has 3 nitrogen and oxygen atoms in total. The third kappa shape index (κ3) is 9.16. The number of thiophene rings is 1. The molecule has 0 atom stereocenters. The van der Waals surface area contributed by atoms with Crippen molar-refractivity contribution >= 4 is 45.7 Å². The van der Waals surface area contributed by atoms with Crippen molar-refractivity contribution in [2.45, 2.75) is 79.4 Å². The van der Waals surface area contributed by atoms with E-state index in [0.29, 0.717) is 23.8 Å². The van der Waals surface area contributed by atoms with Crippen LogP contribution < -0.4 is 5.19 Å². The molecule has 8 aromatic rings. The first-order valence-corrected chi connectivity index (χ1v) is 24.2. The van der Waals surface area contributed by atoms with Crippen LogP contribution in [0.25, 0.3) is 60.6 Å². The number of aromatic nitrogens is 3. The number of nitrogens with zero attached hydrogens (tertiary/aromatic N) is 3. The largest absolute Gasteiger partial charge is 0.333 e. The minimum atomic E-state index is -1.34. The van der Waals surface area contributed by atoms with Gasteiger partial charge in [-0.05, 0) is 81.6 Å². The molecule has 0 aliphatic heterocycles. The SMILES string of the molecule is CC(C)Cc1cc(-c2[c-]cccc2)ncc1[Si](C)(C)C.[2H]c1ccc2s[c-]c(-c3nc4ccccc4n3-c3c(C(C)C)cc(-c4ccccc4)cc3C(C)C)c2c1.[Ir]. The first kappa shape index (κ1) is 40.7. The van der Waals surface area contributed by atoms with Crippen LogP contribution >= 0.6 is 11.3 Å². The van der Waals surface area contributed by atoms with Gasteiger partial charge in [-0.25, -0.2) is 0 Å². The maximum atomic E-state index is 8.25. The molecule has 0 amide bonds. The molecular formula is C51H53IrN3SSi-2. The van der Waals surface area contributed by atoms with Gasteiger partial charge in [0.25, 0.3) is 0 Å². The molecule has 0 aliphatic carbocycles. The van der Waals surface area contributed by atoms with Crippen LogP contribution in [0.15, 0.2) is 128 Å². The molecule has 293 valence electrons. The van der Waals surface area contributed by atoms with Gasteiger partial charge in [0, 0.05) is 32.0 Å². The summed E-state index contributed by atoms with van der Waals surface area (Å²) in [7, 11) is -1.34. The van der Waals surface area contributed by atoms with E-state index in [1.165, 1.54) is 38.7 Å². The van der Waals surface area contributed by atoms with Gasteiger partial charge in [-0.1, -0.05) is 149 Å². The molecule has 57 heavy (non-hydrogen) atoms. The molecule has 3 aromatic heterocycles. The van der Waals surface area contributed by atoms with Crippen LogP contribution in [0.2, 0.25) is 19.6 Å². The van der Waals surface area contributed by atoms with Crippen molar-refractivity contribution in [2.24, 2.45) is 5.92 Å². The molecule has 3 heterocycles. The summed E-state index contributed by atoms with van der Waals surface area (Å²) >= 11 is 1.59. The second kappa shape index (κ2) is 18.0. The van der Waals surface area contributed by atoms with E-state index >= 15 is 0 Å². The monoisotopic (exact) mass is 961 g/mol. The molecule has 0 fully saturated rings. The number of imidazole rings is 1. The molecule has 0 saturated carbocycles. The standard InChI is InChI=1S/C33H29N2S.C18H24NSi.Ir/c1-21(2)26-18-24(23-12-6-5-7-13-23)19-27(22(3)4)32(26)35-30-16-10-9-15-29(30)34-33(35)28-20-36-31-17-11-8-14-25(28)31;1-14(2)11-16-12-17(15-9-7-6-8-10-15)19-13-18(16)20(3,4)5;/h5-19,21-22H,1-4H3;6-9,12-14H,11H2,1-5H3;/q2*-1;/i8D;;. The van der Waals surface area contributed by atoms with Gasteiger partial charge in [0.15, 0.2) is 0 Å². The molecule has 0 saturated heterocycles. The molecule has 6 heteroatoms. The van der Waals surface area contributed by atoms with Gasteiger partial charge in [0.2, 0.25) is 0 Å². The van der Waals surface area contributed by atoms with Gasteiger partial charge in [0.1, 0.15) is 0 Å². The molecule has 8 rings (SSSR count). The van der Waals surface area contributed by atoms with Gasteiger partial charge >= 0.3 is 0 Å². The second-order valence-electron chi connectivity index (χ2n) is 16.8. The summed E-state index contributed by atoms with van der Waals surface area (Å²) in [6, 6.07) is 43.7. The third-order valence-corrected chi connectivity index (χ3v) is 13.2. The minimum absolute atomic E-state index is 0. The normalized spacial score (nSPS) is 11.9. The number of hydrogen-bond acceptors (Lipinski definition) is 3. The second-order valence-corrected chi connectivity index (χ2v) is 22.7. The predicted octanol–water partition coefficient (Wildman–Crippen LogP) is 13.9. The van der Waals surface area contributed by atoms with Crippen molar-refractivity contribution in [1.29, 1.82) is 0 Å². The summed E-state index contributed by atoms with van der Waals surface area (Å²) in [6.07, 6.45) is 3.24.